The van der Waals surface area contributed by atoms with E-state index >= 15 is 0 Å². The molecule has 0 saturated carbocycles. The summed E-state index contributed by atoms with van der Waals surface area (Å²) in [6, 6.07) is -21.6. The Hall–Kier alpha value is -10.0. The van der Waals surface area contributed by atoms with E-state index in [0.717, 1.165) is 0 Å². The van der Waals surface area contributed by atoms with E-state index in [-0.39, 0.29) is 171 Å². The van der Waals surface area contributed by atoms with Gasteiger partial charge in [-0.25, -0.2) is 4.79 Å². The zero-order valence-corrected chi connectivity index (χ0v) is 76.6. The predicted molar refractivity (Wildman–Crippen MR) is 484 cm³/mol. The highest BCUT2D eigenvalue weighted by Gasteiger charge is 2.40. The summed E-state index contributed by atoms with van der Waals surface area (Å²) in [6.45, 7) is 14.2. The Morgan fingerprint density at radius 1 is 0.291 bits per heavy atom. The van der Waals surface area contributed by atoms with Gasteiger partial charge >= 0.3 is 11.9 Å². The highest BCUT2D eigenvalue weighted by molar-refractivity contribution is 7.80. The molecule has 38 N–H and O–H groups in total. The Morgan fingerprint density at radius 2 is 0.528 bits per heavy atom. The number of thiol groups is 2. The van der Waals surface area contributed by atoms with E-state index in [0.29, 0.717) is 51.5 Å². The van der Waals surface area contributed by atoms with E-state index in [1.54, 1.807) is 41.5 Å². The van der Waals surface area contributed by atoms with Crippen molar-refractivity contribution in [1.82, 2.24) is 74.4 Å². The highest BCUT2D eigenvalue weighted by atomic mass is 32.1. The van der Waals surface area contributed by atoms with Crippen LogP contribution in [0, 0.1) is 23.7 Å². The van der Waals surface area contributed by atoms with Gasteiger partial charge in [-0.2, -0.15) is 25.3 Å². The fourth-order valence-electron chi connectivity index (χ4n) is 12.8. The number of primary amides is 1. The van der Waals surface area contributed by atoms with Crippen molar-refractivity contribution >= 4 is 138 Å². The van der Waals surface area contributed by atoms with Gasteiger partial charge in [0.1, 0.15) is 84.6 Å². The van der Waals surface area contributed by atoms with Crippen molar-refractivity contribution < 1.29 is 91.7 Å². The molecule has 48 heteroatoms. The number of hydrogen-bond acceptors (Lipinski definition) is 27. The van der Waals surface area contributed by atoms with Gasteiger partial charge in [-0.3, -0.25) is 86.7 Å². The van der Waals surface area contributed by atoms with Gasteiger partial charge in [0.05, 0.1) is 12.5 Å². The number of aliphatic imine (C=N–C) groups is 2. The number of carbonyl (C=O) groups is 17. The van der Waals surface area contributed by atoms with Crippen LogP contribution in [-0.4, -0.2) is 271 Å². The number of aliphatic carboxylic acids is 2. The average Bonchev–Trinajstić information content (AvgIpc) is 0.852. The van der Waals surface area contributed by atoms with Crippen molar-refractivity contribution in [2.75, 3.05) is 57.3 Å². The third-order valence-corrected chi connectivity index (χ3v) is 20.6. The van der Waals surface area contributed by atoms with E-state index in [2.05, 4.69) is 110 Å². The van der Waals surface area contributed by atoms with Crippen LogP contribution in [0.2, 0.25) is 0 Å². The van der Waals surface area contributed by atoms with Crippen molar-refractivity contribution in [3.05, 3.63) is 0 Å². The second-order valence-electron chi connectivity index (χ2n) is 32.7. The molecule has 0 bridgehead atoms. The summed E-state index contributed by atoms with van der Waals surface area (Å²) in [7, 11) is 0. The number of rotatable bonds is 70. The molecule has 0 aromatic carbocycles. The number of carbonyl (C=O) groups excluding carboxylic acids is 15. The van der Waals surface area contributed by atoms with Crippen LogP contribution in [0.5, 0.6) is 0 Å². The third kappa shape index (κ3) is 49.8. The number of nitrogens with one attached hydrogen (secondary N) is 14. The number of carboxylic acid groups (broad SMARTS) is 2. The van der Waals surface area contributed by atoms with Crippen molar-refractivity contribution in [2.24, 2.45) is 96.7 Å². The smallest absolute Gasteiger partial charge is 0.326 e. The molecule has 0 aliphatic rings. The van der Waals surface area contributed by atoms with Crippen molar-refractivity contribution in [2.45, 2.75) is 300 Å². The van der Waals surface area contributed by atoms with Crippen molar-refractivity contribution in [3.8, 4) is 0 Å². The molecule has 0 heterocycles. The molecule has 0 spiro atoms. The summed E-state index contributed by atoms with van der Waals surface area (Å²) in [5.74, 6) is -19.7. The normalized spacial score (nSPS) is 14.8. The first-order chi connectivity index (χ1) is 59.9. The van der Waals surface area contributed by atoms with Crippen LogP contribution < -0.4 is 138 Å². The fraction of sp³-hybridized carbons (Fsp3) is 0.759. The maximum absolute atomic E-state index is 14.8. The Morgan fingerprint density at radius 3 is 0.803 bits per heavy atom. The van der Waals surface area contributed by atoms with Crippen LogP contribution in [0.25, 0.3) is 0 Å². The maximum Gasteiger partial charge on any atom is 0.326 e. The SMILES string of the molecule is CC(C)C[C@H](NC(=O)[C@H](CCCN=C(N)N)NC(=O)[C@H](CC(C)C)NC(=O)[C@@H](NC(=O)[C@H](CC(N)=O)NC(=O)[C@H](CCCCN)NC(=O)[C@H](CCCCN)NC(=O)[C@H](CCCN=C(N)N)NC(=O)[C@H](CCCCN)NC(=O)[C@@H](NC(=O)[C@H](CCCCN)NC(=O)[C@@H](N)CCC(=O)O)C(C)C)C(C)C)C(=O)N[C@@H](CS)C(=O)N[C@@H](CS)C(=O)N[C@@H](CCCCN)C(=O)O. The van der Waals surface area contributed by atoms with Gasteiger partial charge in [-0.05, 0) is 198 Å². The van der Waals surface area contributed by atoms with E-state index in [4.69, 9.17) is 68.2 Å². The quantitative estimate of drug-likeness (QED) is 0.0116. The zero-order valence-electron chi connectivity index (χ0n) is 74.8. The first-order valence-corrected chi connectivity index (χ1v) is 44.7. The van der Waals surface area contributed by atoms with Gasteiger partial charge in [0.25, 0.3) is 0 Å². The molecule has 46 nitrogen and oxygen atoms in total. The summed E-state index contributed by atoms with van der Waals surface area (Å²) in [4.78, 5) is 244. The van der Waals surface area contributed by atoms with Crippen LogP contribution >= 0.6 is 25.3 Å². The second-order valence-corrected chi connectivity index (χ2v) is 33.4. The molecule has 0 fully saturated rings. The predicted octanol–water partition coefficient (Wildman–Crippen LogP) is -7.06. The van der Waals surface area contributed by atoms with Crippen molar-refractivity contribution in [1.29, 1.82) is 0 Å². The number of hydrogen-bond donors (Lipinski definition) is 29. The maximum atomic E-state index is 14.8. The number of carboxylic acids is 2. The molecular formula is C79H149N27O19S2. The van der Waals surface area contributed by atoms with Crippen LogP contribution in [-0.2, 0) is 81.5 Å². The molecule has 0 aromatic heterocycles. The largest absolute Gasteiger partial charge is 0.481 e. The number of nitrogens with zero attached hydrogens (tertiary/aromatic N) is 2. The summed E-state index contributed by atoms with van der Waals surface area (Å²) in [5, 5.41) is 55.3. The third-order valence-electron chi connectivity index (χ3n) is 19.9. The van der Waals surface area contributed by atoms with Gasteiger partial charge in [0, 0.05) is 31.0 Å². The number of unbranched alkanes of at least 4 members (excludes halogenated alkanes) is 5. The van der Waals surface area contributed by atoms with Crippen molar-refractivity contribution in [3.63, 3.8) is 0 Å². The first kappa shape index (κ1) is 117. The minimum Gasteiger partial charge on any atom is -0.481 e. The second kappa shape index (κ2) is 65.5. The Balaban J connectivity index is 7.45. The Bertz CT molecular complexity index is 3540. The molecule has 127 heavy (non-hydrogen) atoms. The van der Waals surface area contributed by atoms with Gasteiger partial charge in [-0.15, -0.1) is 0 Å². The monoisotopic (exact) mass is 1840 g/mol. The highest BCUT2D eigenvalue weighted by Crippen LogP contribution is 2.17. The molecule has 0 radical (unpaired) electrons. The summed E-state index contributed by atoms with van der Waals surface area (Å²) >= 11 is 8.44. The number of nitrogens with two attached hydrogens (primary N) is 11. The Kier molecular flexibility index (Phi) is 60.4. The van der Waals surface area contributed by atoms with E-state index < -0.39 is 216 Å². The molecule has 0 aliphatic heterocycles. The average molecular weight is 1850 g/mol. The minimum absolute atomic E-state index is 0.0266. The van der Waals surface area contributed by atoms with Gasteiger partial charge in [-0.1, -0.05) is 55.4 Å². The van der Waals surface area contributed by atoms with Crippen LogP contribution in [0.4, 0.5) is 0 Å². The molecule has 0 unspecified atom stereocenters. The molecule has 15 atom stereocenters. The lowest BCUT2D eigenvalue weighted by Crippen LogP contribution is -2.62. The lowest BCUT2D eigenvalue weighted by atomic mass is 9.98. The zero-order chi connectivity index (χ0) is 96.6. The lowest BCUT2D eigenvalue weighted by Gasteiger charge is -2.30. The molecule has 0 rings (SSSR count). The van der Waals surface area contributed by atoms with Gasteiger partial charge < -0.3 is 148 Å². The molecule has 15 amide bonds. The lowest BCUT2D eigenvalue weighted by molar-refractivity contribution is -0.142. The van der Waals surface area contributed by atoms with E-state index in [1.165, 1.54) is 13.8 Å². The van der Waals surface area contributed by atoms with Crippen LogP contribution in [0.3, 0.4) is 0 Å². The van der Waals surface area contributed by atoms with E-state index in [1.807, 2.05) is 0 Å². The number of guanidine groups is 2. The van der Waals surface area contributed by atoms with E-state index in [9.17, 15) is 86.6 Å². The minimum atomic E-state index is -1.85. The fourth-order valence-corrected chi connectivity index (χ4v) is 13.3. The Labute approximate surface area is 754 Å². The summed E-state index contributed by atoms with van der Waals surface area (Å²) in [6.07, 6.45) is 1.33. The van der Waals surface area contributed by atoms with Crippen LogP contribution in [0.15, 0.2) is 9.98 Å². The first-order valence-electron chi connectivity index (χ1n) is 43.4. The molecule has 0 aliphatic carbocycles. The molecule has 0 saturated heterocycles. The van der Waals surface area contributed by atoms with Gasteiger partial charge in [0.15, 0.2) is 11.9 Å². The molecule has 726 valence electrons. The standard InChI is InChI=1S/C79H149N27O19S2/c1-42(2)37-54(71(118)103-58(41-127)74(121)104-57(40-126)73(120)99-53(77(124)125)25-13-18-34-84)100-68(115)52(27-20-36-92-79(89)90)97-70(117)55(38-43(3)4)102-76(123)62(45(7)8)106-72(119)56(39-59(86)107)101-67(114)48(22-10-15-31-81)95-64(111)47(21-9-14-30-80)94-66(113)51(26-19-35-91-78(87)88)96-65(112)49(23-11-16-32-82)98-75(122)61(44(5)6)105-69(116)50(24-12-17-33-83)93-63(110)46(85)28-29-60(108)109/h42-58,61-62,126-127H,9-41,80-85H2,1-8H3,(H2,86,107)(H,93,110)(H,94,113)(H,95,111)(H,96,112)(H,97,117)(H,98,122)(H,99,120)(H,100,115)(H,101,114)(H,102,123)(H,103,118)(H,104,121)(H,105,116)(H,106,119)(H,108,109)(H,124,125)(H4,87,88,91)(H4,89,90,92)/t46-,47-,48-,49-,50-,51-,52-,53-,54-,55-,56-,57-,58-,61-,62-/m0/s1. The summed E-state index contributed by atoms with van der Waals surface area (Å²) in [5.41, 5.74) is 62.9. The molecule has 0 aromatic rings. The topological polar surface area (TPSA) is 810 Å². The van der Waals surface area contributed by atoms with Gasteiger partial charge in [0.2, 0.25) is 88.6 Å². The number of amides is 15. The van der Waals surface area contributed by atoms with Crippen LogP contribution in [0.1, 0.15) is 209 Å². The summed E-state index contributed by atoms with van der Waals surface area (Å²) < 4.78 is 0. The molecular weight excluding hydrogens is 1700 g/mol.